The van der Waals surface area contributed by atoms with Crippen molar-refractivity contribution in [2.24, 2.45) is 17.6 Å². The van der Waals surface area contributed by atoms with Crippen molar-refractivity contribution in [3.05, 3.63) is 35.5 Å². The molecular weight excluding hydrogens is 305 g/mol. The molecule has 1 heterocycles. The lowest BCUT2D eigenvalue weighted by Crippen LogP contribution is -2.34. The minimum absolute atomic E-state index is 0. The van der Waals surface area contributed by atoms with Gasteiger partial charge in [0.25, 0.3) is 0 Å². The number of nitrogens with zero attached hydrogens (tertiary/aromatic N) is 2. The number of benzene rings is 1. The number of aryl methyl sites for hydroxylation is 1. The Morgan fingerprint density at radius 3 is 2.73 bits per heavy atom. The van der Waals surface area contributed by atoms with Crippen molar-refractivity contribution in [2.75, 3.05) is 0 Å². The number of nitrogens with two attached hydrogens (primary N) is 1. The van der Waals surface area contributed by atoms with Crippen LogP contribution >= 0.6 is 12.4 Å². The van der Waals surface area contributed by atoms with Gasteiger partial charge in [0.1, 0.15) is 5.82 Å². The zero-order valence-corrected chi connectivity index (χ0v) is 13.1. The van der Waals surface area contributed by atoms with E-state index in [-0.39, 0.29) is 30.2 Å². The minimum Gasteiger partial charge on any atom is -0.339 e. The Bertz CT molecular complexity index is 688. The van der Waals surface area contributed by atoms with Gasteiger partial charge in [-0.05, 0) is 61.8 Å². The lowest BCUT2D eigenvalue weighted by Gasteiger charge is -2.24. The van der Waals surface area contributed by atoms with Gasteiger partial charge in [0.05, 0.1) is 5.92 Å². The molecular formula is C16H19ClFN3O. The van der Waals surface area contributed by atoms with Crippen LogP contribution in [0.4, 0.5) is 4.39 Å². The summed E-state index contributed by atoms with van der Waals surface area (Å²) in [7, 11) is 0. The Morgan fingerprint density at radius 2 is 2.05 bits per heavy atom. The molecule has 1 aromatic heterocycles. The molecule has 2 fully saturated rings. The summed E-state index contributed by atoms with van der Waals surface area (Å²) in [6.07, 6.45) is 3.61. The van der Waals surface area contributed by atoms with Crippen molar-refractivity contribution < 1.29 is 8.91 Å². The third-order valence-electron chi connectivity index (χ3n) is 5.12. The van der Waals surface area contributed by atoms with E-state index in [0.29, 0.717) is 29.1 Å². The molecule has 0 radical (unpaired) electrons. The molecule has 0 amide bonds. The zero-order valence-electron chi connectivity index (χ0n) is 12.3. The highest BCUT2D eigenvalue weighted by atomic mass is 35.5. The Hall–Kier alpha value is -1.46. The van der Waals surface area contributed by atoms with Crippen LogP contribution in [0.2, 0.25) is 0 Å². The molecule has 6 heteroatoms. The highest BCUT2D eigenvalue weighted by Gasteiger charge is 2.48. The second-order valence-corrected chi connectivity index (χ2v) is 6.36. The Kier molecular flexibility index (Phi) is 3.95. The summed E-state index contributed by atoms with van der Waals surface area (Å²) in [5.74, 6) is 2.30. The van der Waals surface area contributed by atoms with Crippen LogP contribution in [0.5, 0.6) is 0 Å². The monoisotopic (exact) mass is 323 g/mol. The first-order chi connectivity index (χ1) is 10.1. The van der Waals surface area contributed by atoms with Crippen molar-refractivity contribution in [1.82, 2.24) is 10.1 Å². The van der Waals surface area contributed by atoms with Gasteiger partial charge in [0.2, 0.25) is 11.7 Å². The van der Waals surface area contributed by atoms with Crippen LogP contribution in [-0.4, -0.2) is 16.2 Å². The first-order valence-electron chi connectivity index (χ1n) is 7.49. The van der Waals surface area contributed by atoms with E-state index in [1.807, 2.05) is 0 Å². The summed E-state index contributed by atoms with van der Waals surface area (Å²) in [5.41, 5.74) is 7.67. The lowest BCUT2D eigenvalue weighted by molar-refractivity contribution is 0.279. The van der Waals surface area contributed by atoms with Gasteiger partial charge >= 0.3 is 0 Å². The highest BCUT2D eigenvalue weighted by molar-refractivity contribution is 5.85. The summed E-state index contributed by atoms with van der Waals surface area (Å²) >= 11 is 0. The van der Waals surface area contributed by atoms with E-state index < -0.39 is 0 Å². The van der Waals surface area contributed by atoms with E-state index in [1.54, 1.807) is 19.1 Å². The summed E-state index contributed by atoms with van der Waals surface area (Å²) in [6, 6.07) is 4.99. The minimum atomic E-state index is -0.224. The fourth-order valence-electron chi connectivity index (χ4n) is 3.97. The van der Waals surface area contributed by atoms with Crippen LogP contribution in [0.1, 0.15) is 36.6 Å². The molecule has 2 aliphatic rings. The Morgan fingerprint density at radius 1 is 1.27 bits per heavy atom. The van der Waals surface area contributed by atoms with E-state index in [4.69, 9.17) is 10.3 Å². The first-order valence-corrected chi connectivity index (χ1v) is 7.49. The predicted octanol–water partition coefficient (Wildman–Crippen LogP) is 3.45. The summed E-state index contributed by atoms with van der Waals surface area (Å²) in [4.78, 5) is 4.52. The average Bonchev–Trinajstić information content (AvgIpc) is 3.16. The Balaban J connectivity index is 0.00000144. The van der Waals surface area contributed by atoms with Gasteiger partial charge in [-0.3, -0.25) is 0 Å². The molecule has 1 aromatic carbocycles. The second-order valence-electron chi connectivity index (χ2n) is 6.36. The van der Waals surface area contributed by atoms with E-state index in [1.165, 1.54) is 25.3 Å². The van der Waals surface area contributed by atoms with Gasteiger partial charge in [0.15, 0.2) is 0 Å². The van der Waals surface area contributed by atoms with Gasteiger partial charge in [-0.1, -0.05) is 5.16 Å². The third kappa shape index (κ3) is 2.32. The number of hydrogen-bond acceptors (Lipinski definition) is 4. The number of hydrogen-bond donors (Lipinski definition) is 1. The number of rotatable bonds is 2. The largest absolute Gasteiger partial charge is 0.339 e. The highest BCUT2D eigenvalue weighted by Crippen LogP contribution is 2.51. The van der Waals surface area contributed by atoms with Gasteiger partial charge in [0, 0.05) is 11.6 Å². The lowest BCUT2D eigenvalue weighted by atomic mass is 9.85. The first kappa shape index (κ1) is 15.4. The van der Waals surface area contributed by atoms with Gasteiger partial charge in [-0.15, -0.1) is 12.4 Å². The second kappa shape index (κ2) is 5.63. The van der Waals surface area contributed by atoms with Crippen molar-refractivity contribution in [3.63, 3.8) is 0 Å². The van der Waals surface area contributed by atoms with Gasteiger partial charge in [-0.2, -0.15) is 4.98 Å². The van der Waals surface area contributed by atoms with E-state index in [9.17, 15) is 4.39 Å². The van der Waals surface area contributed by atoms with Crippen LogP contribution in [0.3, 0.4) is 0 Å². The molecule has 0 aliphatic heterocycles. The smallest absolute Gasteiger partial charge is 0.231 e. The van der Waals surface area contributed by atoms with Crippen LogP contribution in [0.15, 0.2) is 22.7 Å². The number of halogens is 2. The van der Waals surface area contributed by atoms with Gasteiger partial charge in [-0.25, -0.2) is 4.39 Å². The Labute approximate surface area is 134 Å². The standard InChI is InChI=1S/C16H18FN3O.ClH/c1-8-6-11(4-5-12(8)17)15-19-16(21-20-15)13-9-2-3-10(7-9)14(13)18;/h4-6,9-10,13-14H,2-3,7,18H2,1H3;1H. The van der Waals surface area contributed by atoms with Crippen LogP contribution in [-0.2, 0) is 0 Å². The summed E-state index contributed by atoms with van der Waals surface area (Å²) in [5, 5.41) is 4.06. The number of fused-ring (bicyclic) bond motifs is 2. The maximum Gasteiger partial charge on any atom is 0.231 e. The van der Waals surface area contributed by atoms with Crippen LogP contribution in [0, 0.1) is 24.6 Å². The molecule has 4 unspecified atom stereocenters. The molecule has 2 bridgehead atoms. The topological polar surface area (TPSA) is 64.9 Å². The van der Waals surface area contributed by atoms with Crippen molar-refractivity contribution in [2.45, 2.75) is 38.1 Å². The van der Waals surface area contributed by atoms with Gasteiger partial charge < -0.3 is 10.3 Å². The molecule has 4 atom stereocenters. The normalized spacial score (nSPS) is 29.6. The maximum atomic E-state index is 13.3. The summed E-state index contributed by atoms with van der Waals surface area (Å²) in [6.45, 7) is 1.73. The fourth-order valence-corrected chi connectivity index (χ4v) is 3.97. The van der Waals surface area contributed by atoms with E-state index >= 15 is 0 Å². The molecule has 0 spiro atoms. The number of aromatic nitrogens is 2. The molecule has 118 valence electrons. The molecule has 2 aliphatic carbocycles. The quantitative estimate of drug-likeness (QED) is 0.919. The molecule has 2 aromatic rings. The average molecular weight is 324 g/mol. The molecule has 2 N–H and O–H groups in total. The molecule has 22 heavy (non-hydrogen) atoms. The van der Waals surface area contributed by atoms with Crippen LogP contribution < -0.4 is 5.73 Å². The summed E-state index contributed by atoms with van der Waals surface area (Å²) < 4.78 is 18.8. The molecule has 2 saturated carbocycles. The zero-order chi connectivity index (χ0) is 14.6. The molecule has 0 saturated heterocycles. The fraction of sp³-hybridized carbons (Fsp3) is 0.500. The predicted molar refractivity (Wildman–Crippen MR) is 83.2 cm³/mol. The SMILES string of the molecule is Cc1cc(-c2noc(C3C4CCC(C4)C3N)n2)ccc1F.Cl. The third-order valence-corrected chi connectivity index (χ3v) is 5.12. The van der Waals surface area contributed by atoms with E-state index in [0.717, 1.165) is 5.56 Å². The molecule has 4 rings (SSSR count). The molecule has 4 nitrogen and oxygen atoms in total. The van der Waals surface area contributed by atoms with Crippen molar-refractivity contribution >= 4 is 12.4 Å². The van der Waals surface area contributed by atoms with E-state index in [2.05, 4.69) is 10.1 Å². The van der Waals surface area contributed by atoms with Crippen molar-refractivity contribution in [1.29, 1.82) is 0 Å². The van der Waals surface area contributed by atoms with Crippen molar-refractivity contribution in [3.8, 4) is 11.4 Å². The van der Waals surface area contributed by atoms with Crippen LogP contribution in [0.25, 0.3) is 11.4 Å². The maximum absolute atomic E-state index is 13.3.